The zero-order valence-electron chi connectivity index (χ0n) is 17.1. The maximum atomic E-state index is 14.0. The molecule has 0 spiro atoms. The van der Waals surface area contributed by atoms with Crippen molar-refractivity contribution in [3.63, 3.8) is 0 Å². The number of aryl methyl sites for hydroxylation is 1. The number of halogens is 1. The monoisotopic (exact) mass is 443 g/mol. The molecule has 3 aromatic heterocycles. The Kier molecular flexibility index (Phi) is 6.10. The number of hydrogen-bond acceptors (Lipinski definition) is 6. The van der Waals surface area contributed by atoms with Gasteiger partial charge in [-0.25, -0.2) is 13.9 Å². The molecule has 8 nitrogen and oxygen atoms in total. The van der Waals surface area contributed by atoms with Gasteiger partial charge in [-0.3, -0.25) is 4.79 Å². The average Bonchev–Trinajstić information content (AvgIpc) is 3.32. The zero-order chi connectivity index (χ0) is 22.0. The Labute approximate surface area is 182 Å². The molecule has 0 saturated carbocycles. The molecule has 0 fully saturated rings. The van der Waals surface area contributed by atoms with Gasteiger partial charge in [-0.15, -0.1) is 3.89 Å². The maximum absolute atomic E-state index is 14.0. The second-order valence-corrected chi connectivity index (χ2v) is 7.61. The predicted octanol–water partition coefficient (Wildman–Crippen LogP) is 3.37. The lowest BCUT2D eigenvalue weighted by Crippen LogP contribution is -2.23. The van der Waals surface area contributed by atoms with Crippen LogP contribution >= 0.6 is 12.3 Å². The fraction of sp³-hybridized carbons (Fsp3) is 0.286. The van der Waals surface area contributed by atoms with Crippen molar-refractivity contribution in [3.05, 3.63) is 42.4 Å². The standard InChI is InChI=1S/C21H22FN5O3S/c1-26-12-16(15-8-14(30-2)5-6-18(15)26)19-9-17-21(27(19)31-22)24-11-13(25-17)10-23-20(29)4-3-7-28/h5-6,8-9,11-12,28H,3-4,7,10H2,1-2H3,(H,23,29). The van der Waals surface area contributed by atoms with Crippen LogP contribution in [-0.2, 0) is 18.4 Å². The Balaban J connectivity index is 1.72. The van der Waals surface area contributed by atoms with E-state index in [-0.39, 0.29) is 37.8 Å². The number of aliphatic hydroxyl groups excluding tert-OH is 1. The molecule has 0 unspecified atom stereocenters. The van der Waals surface area contributed by atoms with Gasteiger partial charge in [-0.2, -0.15) is 0 Å². The topological polar surface area (TPSA) is 94.2 Å². The molecule has 1 aromatic carbocycles. The lowest BCUT2D eigenvalue weighted by Gasteiger charge is -2.05. The lowest BCUT2D eigenvalue weighted by atomic mass is 10.1. The third-order valence-corrected chi connectivity index (χ3v) is 5.59. The smallest absolute Gasteiger partial charge is 0.220 e. The second-order valence-electron chi connectivity index (χ2n) is 7.10. The molecule has 31 heavy (non-hydrogen) atoms. The van der Waals surface area contributed by atoms with Gasteiger partial charge in [0.1, 0.15) is 11.3 Å². The van der Waals surface area contributed by atoms with E-state index in [0.717, 1.165) is 16.5 Å². The third kappa shape index (κ3) is 4.08. The van der Waals surface area contributed by atoms with Crippen LogP contribution in [0.15, 0.2) is 36.7 Å². The quantitative estimate of drug-likeness (QED) is 0.434. The van der Waals surface area contributed by atoms with Gasteiger partial charge >= 0.3 is 0 Å². The van der Waals surface area contributed by atoms with Crippen LogP contribution < -0.4 is 10.1 Å². The van der Waals surface area contributed by atoms with E-state index in [1.807, 2.05) is 36.0 Å². The Bertz CT molecular complexity index is 1250. The van der Waals surface area contributed by atoms with E-state index in [1.165, 1.54) is 10.2 Å². The van der Waals surface area contributed by atoms with Crippen LogP contribution in [0, 0.1) is 0 Å². The van der Waals surface area contributed by atoms with Crippen LogP contribution in [0.25, 0.3) is 33.3 Å². The highest BCUT2D eigenvalue weighted by molar-refractivity contribution is 7.93. The SMILES string of the molecule is COc1ccc2c(c1)c(-c1cc3nc(CNC(=O)CCCO)cnc3n1SF)cn2C. The summed E-state index contributed by atoms with van der Waals surface area (Å²) in [5.41, 5.74) is 3.95. The van der Waals surface area contributed by atoms with E-state index in [9.17, 15) is 8.68 Å². The second kappa shape index (κ2) is 8.94. The molecule has 4 aromatic rings. The molecule has 0 bridgehead atoms. The summed E-state index contributed by atoms with van der Waals surface area (Å²) in [7, 11) is 3.54. The number of hydrogen-bond donors (Lipinski definition) is 2. The number of aromatic nitrogens is 4. The number of nitrogens with one attached hydrogen (secondary N) is 1. The number of rotatable bonds is 8. The van der Waals surface area contributed by atoms with Gasteiger partial charge in [0, 0.05) is 42.7 Å². The van der Waals surface area contributed by atoms with Gasteiger partial charge in [0.2, 0.25) is 5.91 Å². The lowest BCUT2D eigenvalue weighted by molar-refractivity contribution is -0.121. The van der Waals surface area contributed by atoms with Crippen molar-refractivity contribution in [2.75, 3.05) is 13.7 Å². The third-order valence-electron chi connectivity index (χ3n) is 5.08. The fourth-order valence-corrected chi connectivity index (χ4v) is 3.98. The molecular formula is C21H22FN5O3S. The molecule has 0 aliphatic rings. The number of nitrogens with zero attached hydrogens (tertiary/aromatic N) is 4. The molecule has 0 aliphatic carbocycles. The molecule has 162 valence electrons. The van der Waals surface area contributed by atoms with Gasteiger partial charge in [0.25, 0.3) is 0 Å². The van der Waals surface area contributed by atoms with Gasteiger partial charge < -0.3 is 19.7 Å². The Morgan fingerprint density at radius 1 is 1.35 bits per heavy atom. The zero-order valence-corrected chi connectivity index (χ0v) is 17.9. The number of carbonyl (C=O) groups is 1. The molecule has 0 atom stereocenters. The fourth-order valence-electron chi connectivity index (χ4n) is 3.55. The van der Waals surface area contributed by atoms with E-state index in [1.54, 1.807) is 13.2 Å². The molecule has 0 saturated heterocycles. The molecule has 10 heteroatoms. The van der Waals surface area contributed by atoms with Crippen molar-refractivity contribution < 1.29 is 18.5 Å². The molecule has 4 rings (SSSR count). The Morgan fingerprint density at radius 2 is 2.19 bits per heavy atom. The minimum absolute atomic E-state index is 0.0313. The van der Waals surface area contributed by atoms with Crippen LogP contribution in [0.5, 0.6) is 5.75 Å². The number of amides is 1. The van der Waals surface area contributed by atoms with E-state index in [4.69, 9.17) is 9.84 Å². The van der Waals surface area contributed by atoms with Gasteiger partial charge in [-0.05, 0) is 30.7 Å². The summed E-state index contributed by atoms with van der Waals surface area (Å²) in [6.45, 7) is 0.179. The van der Waals surface area contributed by atoms with Gasteiger partial charge in [0.15, 0.2) is 18.0 Å². The van der Waals surface area contributed by atoms with E-state index in [2.05, 4.69) is 15.3 Å². The highest BCUT2D eigenvalue weighted by atomic mass is 32.2. The summed E-state index contributed by atoms with van der Waals surface area (Å²) in [4.78, 5) is 20.7. The minimum atomic E-state index is -0.168. The van der Waals surface area contributed by atoms with E-state index >= 15 is 0 Å². The summed E-state index contributed by atoms with van der Waals surface area (Å²) >= 11 is 0.0676. The number of ether oxygens (including phenoxy) is 1. The largest absolute Gasteiger partial charge is 0.497 e. The summed E-state index contributed by atoms with van der Waals surface area (Å²) < 4.78 is 22.7. The Morgan fingerprint density at radius 3 is 2.94 bits per heavy atom. The predicted molar refractivity (Wildman–Crippen MR) is 118 cm³/mol. The average molecular weight is 444 g/mol. The number of carbonyl (C=O) groups excluding carboxylic acids is 1. The normalized spacial score (nSPS) is 11.4. The molecule has 0 radical (unpaired) electrons. The summed E-state index contributed by atoms with van der Waals surface area (Å²) in [6.07, 6.45) is 4.12. The minimum Gasteiger partial charge on any atom is -0.497 e. The first kappa shape index (κ1) is 21.1. The van der Waals surface area contributed by atoms with Crippen LogP contribution in [0.3, 0.4) is 0 Å². The van der Waals surface area contributed by atoms with Crippen molar-refractivity contribution >= 4 is 40.3 Å². The first-order valence-electron chi connectivity index (χ1n) is 9.73. The highest BCUT2D eigenvalue weighted by Crippen LogP contribution is 2.37. The van der Waals surface area contributed by atoms with Crippen molar-refractivity contribution in [2.45, 2.75) is 19.4 Å². The number of aliphatic hydroxyl groups is 1. The summed E-state index contributed by atoms with van der Waals surface area (Å²) in [6, 6.07) is 7.56. The van der Waals surface area contributed by atoms with Crippen molar-refractivity contribution in [1.82, 2.24) is 23.8 Å². The molecule has 0 aliphatic heterocycles. The number of methoxy groups -OCH3 is 1. The van der Waals surface area contributed by atoms with Crippen LogP contribution in [-0.4, -0.2) is 43.2 Å². The van der Waals surface area contributed by atoms with Gasteiger partial charge in [0.05, 0.1) is 31.2 Å². The Hall–Kier alpha value is -3.11. The van der Waals surface area contributed by atoms with Crippen molar-refractivity contribution in [3.8, 4) is 17.0 Å². The maximum Gasteiger partial charge on any atom is 0.220 e. The van der Waals surface area contributed by atoms with Gasteiger partial charge in [-0.1, -0.05) is 0 Å². The first-order valence-corrected chi connectivity index (χ1v) is 10.4. The van der Waals surface area contributed by atoms with Crippen molar-refractivity contribution in [1.29, 1.82) is 0 Å². The number of fused-ring (bicyclic) bond motifs is 2. The van der Waals surface area contributed by atoms with Crippen LogP contribution in [0.2, 0.25) is 0 Å². The number of benzene rings is 1. The summed E-state index contributed by atoms with van der Waals surface area (Å²) in [5.74, 6) is 0.546. The summed E-state index contributed by atoms with van der Waals surface area (Å²) in [5, 5.41) is 12.5. The molecule has 2 N–H and O–H groups in total. The molecule has 3 heterocycles. The van der Waals surface area contributed by atoms with E-state index < -0.39 is 0 Å². The van der Waals surface area contributed by atoms with Crippen molar-refractivity contribution in [2.24, 2.45) is 7.05 Å². The first-order chi connectivity index (χ1) is 15.0. The highest BCUT2D eigenvalue weighted by Gasteiger charge is 2.19. The molecular weight excluding hydrogens is 421 g/mol. The van der Waals surface area contributed by atoms with Crippen LogP contribution in [0.1, 0.15) is 18.5 Å². The molecule has 1 amide bonds. The van der Waals surface area contributed by atoms with E-state index in [0.29, 0.717) is 34.7 Å². The van der Waals surface area contributed by atoms with Crippen LogP contribution in [0.4, 0.5) is 3.89 Å².